The number of rotatable bonds is 5. The molecule has 2 N–H and O–H groups in total. The van der Waals surface area contributed by atoms with Crippen molar-refractivity contribution in [1.29, 1.82) is 0 Å². The second-order valence-corrected chi connectivity index (χ2v) is 8.64. The van der Waals surface area contributed by atoms with Crippen LogP contribution in [0.25, 0.3) is 0 Å². The molecule has 1 heterocycles. The van der Waals surface area contributed by atoms with Gasteiger partial charge in [-0.05, 0) is 37.5 Å². The van der Waals surface area contributed by atoms with Crippen LogP contribution in [0, 0.1) is 6.92 Å². The van der Waals surface area contributed by atoms with Crippen LogP contribution in [0.5, 0.6) is 0 Å². The van der Waals surface area contributed by atoms with Gasteiger partial charge in [-0.15, -0.1) is 11.3 Å². The Balaban J connectivity index is 1.72. The smallest absolute Gasteiger partial charge is 0.265 e. The molecule has 0 unspecified atom stereocenters. The van der Waals surface area contributed by atoms with Crippen LogP contribution in [0.2, 0.25) is 0 Å². The average molecular weight is 364 g/mol. The summed E-state index contributed by atoms with van der Waals surface area (Å²) in [5.74, 6) is -0.295. The van der Waals surface area contributed by atoms with Crippen LogP contribution < -0.4 is 10.0 Å². The number of aryl methyl sites for hydroxylation is 1. The van der Waals surface area contributed by atoms with Gasteiger partial charge >= 0.3 is 0 Å². The molecule has 1 aromatic heterocycles. The molecule has 5 nitrogen and oxygen atoms in total. The molecule has 0 bridgehead atoms. The van der Waals surface area contributed by atoms with Crippen LogP contribution in [0.15, 0.2) is 40.6 Å². The first kappa shape index (κ1) is 17.1. The molecule has 1 amide bonds. The van der Waals surface area contributed by atoms with Crippen LogP contribution in [0.3, 0.4) is 0 Å². The predicted molar refractivity (Wildman–Crippen MR) is 96.0 cm³/mol. The summed E-state index contributed by atoms with van der Waals surface area (Å²) >= 11 is 1.14. The maximum atomic E-state index is 12.4. The minimum absolute atomic E-state index is 0.0131. The van der Waals surface area contributed by atoms with Crippen molar-refractivity contribution in [1.82, 2.24) is 4.72 Å². The van der Waals surface area contributed by atoms with Gasteiger partial charge in [-0.2, -0.15) is 0 Å². The van der Waals surface area contributed by atoms with Gasteiger partial charge in [0.05, 0.1) is 9.77 Å². The Morgan fingerprint density at radius 3 is 2.62 bits per heavy atom. The summed E-state index contributed by atoms with van der Waals surface area (Å²) in [7, 11) is -3.56. The standard InChI is InChI=1S/C17H20N2O3S2/c1-12-6-2-5-9-15(12)18-17(20)16-10-14(11-23-16)24(21,22)19-13-7-3-4-8-13/h2,5-6,9-11,13,19H,3-4,7-8H2,1H3,(H,18,20). The van der Waals surface area contributed by atoms with Gasteiger partial charge in [0.25, 0.3) is 5.91 Å². The number of hydrogen-bond donors (Lipinski definition) is 2. The Hall–Kier alpha value is -1.70. The fourth-order valence-corrected chi connectivity index (χ4v) is 5.28. The molecule has 0 aliphatic heterocycles. The lowest BCUT2D eigenvalue weighted by molar-refractivity contribution is 0.103. The Bertz CT molecular complexity index is 837. The average Bonchev–Trinajstić information content (AvgIpc) is 3.20. The first-order valence-corrected chi connectivity index (χ1v) is 10.3. The highest BCUT2D eigenvalue weighted by Crippen LogP contribution is 2.24. The lowest BCUT2D eigenvalue weighted by atomic mass is 10.2. The molecular formula is C17H20N2O3S2. The molecule has 0 spiro atoms. The van der Waals surface area contributed by atoms with Crippen LogP contribution in [-0.4, -0.2) is 20.4 Å². The maximum Gasteiger partial charge on any atom is 0.265 e. The summed E-state index contributed by atoms with van der Waals surface area (Å²) in [6.45, 7) is 1.91. The van der Waals surface area contributed by atoms with E-state index in [1.807, 2.05) is 31.2 Å². The third-order valence-electron chi connectivity index (χ3n) is 4.18. The fourth-order valence-electron chi connectivity index (χ4n) is 2.81. The third-order valence-corrected chi connectivity index (χ3v) is 6.76. The number of thiophene rings is 1. The number of benzene rings is 1. The summed E-state index contributed by atoms with van der Waals surface area (Å²) in [5, 5.41) is 4.34. The van der Waals surface area contributed by atoms with Crippen LogP contribution in [-0.2, 0) is 10.0 Å². The number of anilines is 1. The van der Waals surface area contributed by atoms with E-state index >= 15 is 0 Å². The van der Waals surface area contributed by atoms with Crippen LogP contribution >= 0.6 is 11.3 Å². The van der Waals surface area contributed by atoms with E-state index in [4.69, 9.17) is 0 Å². The van der Waals surface area contributed by atoms with Gasteiger partial charge < -0.3 is 5.32 Å². The van der Waals surface area contributed by atoms with Gasteiger partial charge in [-0.1, -0.05) is 31.0 Å². The quantitative estimate of drug-likeness (QED) is 0.852. The molecule has 1 aromatic carbocycles. The van der Waals surface area contributed by atoms with Crippen molar-refractivity contribution in [2.45, 2.75) is 43.5 Å². The van der Waals surface area contributed by atoms with Gasteiger partial charge in [0.2, 0.25) is 10.0 Å². The van der Waals surface area contributed by atoms with E-state index in [0.717, 1.165) is 48.3 Å². The Morgan fingerprint density at radius 2 is 1.92 bits per heavy atom. The second kappa shape index (κ2) is 7.04. The molecule has 128 valence electrons. The Kier molecular flexibility index (Phi) is 5.03. The van der Waals surface area contributed by atoms with Crippen LogP contribution in [0.4, 0.5) is 5.69 Å². The molecule has 1 saturated carbocycles. The molecule has 1 aliphatic rings. The van der Waals surface area contributed by atoms with E-state index in [0.29, 0.717) is 4.88 Å². The van der Waals surface area contributed by atoms with Gasteiger partial charge in [0.15, 0.2) is 0 Å². The molecule has 3 rings (SSSR count). The topological polar surface area (TPSA) is 75.3 Å². The van der Waals surface area contributed by atoms with E-state index < -0.39 is 10.0 Å². The normalized spacial score (nSPS) is 15.5. The first-order valence-electron chi connectivity index (χ1n) is 7.93. The summed E-state index contributed by atoms with van der Waals surface area (Å²) in [6, 6.07) is 8.92. The molecule has 24 heavy (non-hydrogen) atoms. The van der Waals surface area contributed by atoms with E-state index in [9.17, 15) is 13.2 Å². The summed E-state index contributed by atoms with van der Waals surface area (Å²) in [6.07, 6.45) is 3.87. The van der Waals surface area contributed by atoms with E-state index in [-0.39, 0.29) is 16.8 Å². The Labute approximate surface area is 146 Å². The van der Waals surface area contributed by atoms with Gasteiger partial charge in [-0.3, -0.25) is 4.79 Å². The number of amides is 1. The molecular weight excluding hydrogens is 344 g/mol. The highest BCUT2D eigenvalue weighted by atomic mass is 32.2. The molecule has 0 saturated heterocycles. The fraction of sp³-hybridized carbons (Fsp3) is 0.353. The van der Waals surface area contributed by atoms with Gasteiger partial charge in [-0.25, -0.2) is 13.1 Å². The van der Waals surface area contributed by atoms with Crippen molar-refractivity contribution in [3.8, 4) is 0 Å². The predicted octanol–water partition coefficient (Wildman–Crippen LogP) is 3.53. The zero-order valence-corrected chi connectivity index (χ0v) is 15.0. The first-order chi connectivity index (χ1) is 11.5. The van der Waals surface area contributed by atoms with Crippen molar-refractivity contribution in [3.63, 3.8) is 0 Å². The number of para-hydroxylation sites is 1. The number of nitrogens with one attached hydrogen (secondary N) is 2. The van der Waals surface area contributed by atoms with Crippen LogP contribution in [0.1, 0.15) is 40.9 Å². The summed E-state index contributed by atoms with van der Waals surface area (Å²) in [5.41, 5.74) is 1.68. The molecule has 1 aliphatic carbocycles. The minimum Gasteiger partial charge on any atom is -0.321 e. The van der Waals surface area contributed by atoms with E-state index in [1.54, 1.807) is 0 Å². The van der Waals surface area contributed by atoms with E-state index in [1.165, 1.54) is 11.4 Å². The number of sulfonamides is 1. The lowest BCUT2D eigenvalue weighted by Crippen LogP contribution is -2.32. The number of carbonyl (C=O) groups excluding carboxylic acids is 1. The highest BCUT2D eigenvalue weighted by molar-refractivity contribution is 7.89. The second-order valence-electron chi connectivity index (χ2n) is 6.02. The SMILES string of the molecule is Cc1ccccc1NC(=O)c1cc(S(=O)(=O)NC2CCCC2)cs1. The van der Waals surface area contributed by atoms with Crippen molar-refractivity contribution in [2.24, 2.45) is 0 Å². The van der Waals surface area contributed by atoms with Crippen molar-refractivity contribution in [3.05, 3.63) is 46.2 Å². The van der Waals surface area contributed by atoms with Crippen molar-refractivity contribution >= 4 is 33.0 Å². The monoisotopic (exact) mass is 364 g/mol. The molecule has 2 aromatic rings. The number of hydrogen-bond acceptors (Lipinski definition) is 4. The molecule has 1 fully saturated rings. The van der Waals surface area contributed by atoms with Gasteiger partial charge in [0.1, 0.15) is 0 Å². The number of carbonyl (C=O) groups is 1. The van der Waals surface area contributed by atoms with E-state index in [2.05, 4.69) is 10.0 Å². The van der Waals surface area contributed by atoms with Crippen molar-refractivity contribution in [2.75, 3.05) is 5.32 Å². The molecule has 0 atom stereocenters. The van der Waals surface area contributed by atoms with Gasteiger partial charge in [0, 0.05) is 17.1 Å². The summed E-state index contributed by atoms with van der Waals surface area (Å²) in [4.78, 5) is 12.9. The minimum atomic E-state index is -3.56. The maximum absolute atomic E-state index is 12.4. The largest absolute Gasteiger partial charge is 0.321 e. The molecule has 0 radical (unpaired) electrons. The highest BCUT2D eigenvalue weighted by Gasteiger charge is 2.24. The van der Waals surface area contributed by atoms with Crippen molar-refractivity contribution < 1.29 is 13.2 Å². The molecule has 7 heteroatoms. The summed E-state index contributed by atoms with van der Waals surface area (Å²) < 4.78 is 27.5. The zero-order valence-electron chi connectivity index (χ0n) is 13.4. The lowest BCUT2D eigenvalue weighted by Gasteiger charge is -2.11. The Morgan fingerprint density at radius 1 is 1.21 bits per heavy atom. The third kappa shape index (κ3) is 3.85. The zero-order chi connectivity index (χ0) is 17.2.